The van der Waals surface area contributed by atoms with E-state index in [9.17, 15) is 17.6 Å². The molecule has 0 N–H and O–H groups in total. The minimum atomic E-state index is -3.17. The van der Waals surface area contributed by atoms with Gasteiger partial charge in [-0.05, 0) is 37.1 Å². The summed E-state index contributed by atoms with van der Waals surface area (Å²) in [7, 11) is -3.17. The number of amides is 1. The van der Waals surface area contributed by atoms with E-state index >= 15 is 0 Å². The van der Waals surface area contributed by atoms with Crippen LogP contribution in [0.15, 0.2) is 29.6 Å². The van der Waals surface area contributed by atoms with E-state index in [2.05, 4.69) is 9.88 Å². The molecular formula is C21H27FN4O3S2. The third-order valence-electron chi connectivity index (χ3n) is 6.01. The third-order valence-corrected chi connectivity index (χ3v) is 8.14. The zero-order chi connectivity index (χ0) is 22.0. The van der Waals surface area contributed by atoms with Crippen LogP contribution in [0.3, 0.4) is 0 Å². The number of carbonyl (C=O) groups excluding carboxylic acids is 1. The number of halogens is 1. The Labute approximate surface area is 186 Å². The minimum absolute atomic E-state index is 0.0817. The molecule has 31 heavy (non-hydrogen) atoms. The standard InChI is InChI=1S/C21H27FN4O3S2/c1-31(28,29)26-8-6-17(7-9-26)21(27)25-12-10-24(11-13-25)14-20-23-19(15-30-20)16-2-4-18(22)5-3-16/h2-5,15,17H,6-14H2,1H3. The van der Waals surface area contributed by atoms with Crippen LogP contribution in [0.4, 0.5) is 4.39 Å². The first-order chi connectivity index (χ1) is 14.8. The fourth-order valence-corrected chi connectivity index (χ4v) is 5.87. The smallest absolute Gasteiger partial charge is 0.225 e. The van der Waals surface area contributed by atoms with Crippen molar-refractivity contribution in [2.45, 2.75) is 19.4 Å². The molecule has 2 fully saturated rings. The SMILES string of the molecule is CS(=O)(=O)N1CCC(C(=O)N2CCN(Cc3nc(-c4ccc(F)cc4)cs3)CC2)CC1. The summed E-state index contributed by atoms with van der Waals surface area (Å²) in [6.45, 7) is 4.54. The largest absolute Gasteiger partial charge is 0.340 e. The number of thiazole rings is 1. The van der Waals surface area contributed by atoms with E-state index in [4.69, 9.17) is 0 Å². The quantitative estimate of drug-likeness (QED) is 0.676. The van der Waals surface area contributed by atoms with Crippen molar-refractivity contribution >= 4 is 27.3 Å². The van der Waals surface area contributed by atoms with Gasteiger partial charge in [0.2, 0.25) is 15.9 Å². The van der Waals surface area contributed by atoms with Gasteiger partial charge in [0.25, 0.3) is 0 Å². The second-order valence-electron chi connectivity index (χ2n) is 8.17. The number of hydrogen-bond acceptors (Lipinski definition) is 6. The van der Waals surface area contributed by atoms with Gasteiger partial charge in [-0.15, -0.1) is 11.3 Å². The molecule has 1 amide bonds. The lowest BCUT2D eigenvalue weighted by Crippen LogP contribution is -2.51. The average molecular weight is 467 g/mol. The number of carbonyl (C=O) groups is 1. The van der Waals surface area contributed by atoms with Crippen molar-refractivity contribution in [2.24, 2.45) is 5.92 Å². The van der Waals surface area contributed by atoms with Crippen molar-refractivity contribution in [3.05, 3.63) is 40.5 Å². The van der Waals surface area contributed by atoms with Gasteiger partial charge < -0.3 is 4.90 Å². The second-order valence-corrected chi connectivity index (χ2v) is 11.1. The van der Waals surface area contributed by atoms with Crippen LogP contribution in [-0.2, 0) is 21.4 Å². The van der Waals surface area contributed by atoms with Gasteiger partial charge in [-0.1, -0.05) is 0 Å². The van der Waals surface area contributed by atoms with Crippen LogP contribution in [0.1, 0.15) is 17.8 Å². The number of sulfonamides is 1. The molecule has 3 heterocycles. The molecule has 4 rings (SSSR count). The number of piperidine rings is 1. The number of hydrogen-bond donors (Lipinski definition) is 0. The second kappa shape index (κ2) is 9.32. The van der Waals surface area contributed by atoms with E-state index < -0.39 is 10.0 Å². The fourth-order valence-electron chi connectivity index (χ4n) is 4.15. The van der Waals surface area contributed by atoms with Crippen LogP contribution in [0.25, 0.3) is 11.3 Å². The Bertz CT molecular complexity index is 1010. The Hall–Kier alpha value is -1.88. The van der Waals surface area contributed by atoms with Crippen molar-refractivity contribution in [3.63, 3.8) is 0 Å². The summed E-state index contributed by atoms with van der Waals surface area (Å²) >= 11 is 1.59. The maximum atomic E-state index is 13.1. The van der Waals surface area contributed by atoms with Gasteiger partial charge in [-0.3, -0.25) is 9.69 Å². The molecule has 0 radical (unpaired) electrons. The average Bonchev–Trinajstić information content (AvgIpc) is 3.22. The van der Waals surface area contributed by atoms with E-state index in [-0.39, 0.29) is 17.6 Å². The molecule has 1 aromatic heterocycles. The summed E-state index contributed by atoms with van der Waals surface area (Å²) in [5.74, 6) is -0.185. The molecule has 0 atom stereocenters. The minimum Gasteiger partial charge on any atom is -0.340 e. The molecule has 2 saturated heterocycles. The van der Waals surface area contributed by atoms with Crippen molar-refractivity contribution in [2.75, 3.05) is 45.5 Å². The Morgan fingerprint density at radius 3 is 2.35 bits per heavy atom. The lowest BCUT2D eigenvalue weighted by molar-refractivity contribution is -0.138. The molecule has 0 unspecified atom stereocenters. The van der Waals surface area contributed by atoms with Gasteiger partial charge in [-0.25, -0.2) is 22.1 Å². The Morgan fingerprint density at radius 1 is 1.10 bits per heavy atom. The maximum absolute atomic E-state index is 13.1. The molecule has 7 nitrogen and oxygen atoms in total. The molecule has 2 aliphatic rings. The van der Waals surface area contributed by atoms with Gasteiger partial charge >= 0.3 is 0 Å². The first-order valence-corrected chi connectivity index (χ1v) is 13.2. The predicted molar refractivity (Wildman–Crippen MR) is 119 cm³/mol. The zero-order valence-electron chi connectivity index (χ0n) is 17.5. The molecule has 1 aromatic carbocycles. The summed E-state index contributed by atoms with van der Waals surface area (Å²) < 4.78 is 37.9. The van der Waals surface area contributed by atoms with E-state index in [1.54, 1.807) is 23.5 Å². The number of benzene rings is 1. The van der Waals surface area contributed by atoms with Crippen molar-refractivity contribution in [1.29, 1.82) is 0 Å². The summed E-state index contributed by atoms with van der Waals surface area (Å²) in [4.78, 5) is 21.8. The highest BCUT2D eigenvalue weighted by Crippen LogP contribution is 2.25. The highest BCUT2D eigenvalue weighted by Gasteiger charge is 2.32. The first kappa shape index (κ1) is 22.3. The van der Waals surface area contributed by atoms with Crippen LogP contribution in [0.5, 0.6) is 0 Å². The van der Waals surface area contributed by atoms with Crippen molar-refractivity contribution < 1.29 is 17.6 Å². The summed E-state index contributed by atoms with van der Waals surface area (Å²) in [6.07, 6.45) is 2.41. The molecule has 2 aromatic rings. The summed E-state index contributed by atoms with van der Waals surface area (Å²) in [5.41, 5.74) is 1.76. The molecular weight excluding hydrogens is 439 g/mol. The summed E-state index contributed by atoms with van der Waals surface area (Å²) in [6, 6.07) is 6.35. The van der Waals surface area contributed by atoms with Gasteiger partial charge in [0.05, 0.1) is 18.5 Å². The molecule has 0 bridgehead atoms. The molecule has 0 saturated carbocycles. The Kier molecular flexibility index (Phi) is 6.71. The van der Waals surface area contributed by atoms with Gasteiger partial charge in [0, 0.05) is 56.1 Å². The number of nitrogens with zero attached hydrogens (tertiary/aromatic N) is 4. The summed E-state index contributed by atoms with van der Waals surface area (Å²) in [5, 5.41) is 3.00. The number of aromatic nitrogens is 1. The van der Waals surface area contributed by atoms with Crippen LogP contribution >= 0.6 is 11.3 Å². The van der Waals surface area contributed by atoms with Crippen LogP contribution in [0, 0.1) is 11.7 Å². The maximum Gasteiger partial charge on any atom is 0.225 e. The number of rotatable bonds is 5. The normalized spacial score (nSPS) is 19.6. The van der Waals surface area contributed by atoms with Crippen LogP contribution in [-0.4, -0.2) is 78.9 Å². The van der Waals surface area contributed by atoms with Crippen molar-refractivity contribution in [1.82, 2.24) is 19.1 Å². The van der Waals surface area contributed by atoms with Gasteiger partial charge in [-0.2, -0.15) is 0 Å². The number of piperazine rings is 1. The highest BCUT2D eigenvalue weighted by molar-refractivity contribution is 7.88. The van der Waals surface area contributed by atoms with Gasteiger partial charge in [0.15, 0.2) is 0 Å². The van der Waals surface area contributed by atoms with Crippen LogP contribution in [0.2, 0.25) is 0 Å². The topological polar surface area (TPSA) is 73.8 Å². The third kappa shape index (κ3) is 5.49. The fraction of sp³-hybridized carbons (Fsp3) is 0.524. The zero-order valence-corrected chi connectivity index (χ0v) is 19.2. The Balaban J connectivity index is 1.26. The van der Waals surface area contributed by atoms with Gasteiger partial charge in [0.1, 0.15) is 10.8 Å². The van der Waals surface area contributed by atoms with E-state index in [0.717, 1.165) is 35.9 Å². The lowest BCUT2D eigenvalue weighted by Gasteiger charge is -2.38. The molecule has 168 valence electrons. The van der Waals surface area contributed by atoms with E-state index in [1.807, 2.05) is 10.3 Å². The monoisotopic (exact) mass is 466 g/mol. The molecule has 2 aliphatic heterocycles. The highest BCUT2D eigenvalue weighted by atomic mass is 32.2. The van der Waals surface area contributed by atoms with Crippen molar-refractivity contribution in [3.8, 4) is 11.3 Å². The Morgan fingerprint density at radius 2 is 1.74 bits per heavy atom. The molecule has 0 spiro atoms. The molecule has 0 aliphatic carbocycles. The first-order valence-electron chi connectivity index (χ1n) is 10.5. The van der Waals surface area contributed by atoms with Crippen LogP contribution < -0.4 is 0 Å². The lowest BCUT2D eigenvalue weighted by atomic mass is 9.96. The van der Waals surface area contributed by atoms with E-state index in [0.29, 0.717) is 39.0 Å². The predicted octanol–water partition coefficient (Wildman–Crippen LogP) is 2.27. The molecule has 10 heteroatoms. The van der Waals surface area contributed by atoms with E-state index in [1.165, 1.54) is 22.7 Å².